The van der Waals surface area contributed by atoms with Gasteiger partial charge in [-0.3, -0.25) is 9.11 Å². The Kier molecular flexibility index (Phi) is 3.98. The Bertz CT molecular complexity index is 826. The van der Waals surface area contributed by atoms with E-state index in [0.717, 1.165) is 6.07 Å². The fourth-order valence-electron chi connectivity index (χ4n) is 1.69. The Balaban J connectivity index is 0.00000180. The smallest absolute Gasteiger partial charge is 0.296 e. The van der Waals surface area contributed by atoms with Crippen molar-refractivity contribution in [2.45, 2.75) is 9.79 Å². The van der Waals surface area contributed by atoms with Crippen LogP contribution in [0.25, 0.3) is 10.8 Å². The minimum absolute atomic E-state index is 0. The van der Waals surface area contributed by atoms with Gasteiger partial charge < -0.3 is 6.15 Å². The Morgan fingerprint density at radius 3 is 1.89 bits per heavy atom. The van der Waals surface area contributed by atoms with Crippen molar-refractivity contribution in [1.82, 2.24) is 6.15 Å². The third-order valence-electron chi connectivity index (χ3n) is 2.38. The lowest BCUT2D eigenvalue weighted by molar-refractivity contribution is 0.467. The number of benzene rings is 2. The number of fused-ring (bicyclic) bond motifs is 1. The molecular weight excluding hydrogens is 294 g/mol. The second kappa shape index (κ2) is 4.87. The minimum atomic E-state index is -4.78. The van der Waals surface area contributed by atoms with E-state index in [1.807, 2.05) is 0 Å². The molecular formula is C10H11NO6S2. The molecule has 0 aromatic heterocycles. The standard InChI is InChI=1S/C10H8O6S2.H3N/c11-17(12,13)9-6-5-7-3-1-2-4-8(7)10(9)18(14,15)16;/h1-6H,(H,11,12,13)(H,14,15,16);1H3. The summed E-state index contributed by atoms with van der Waals surface area (Å²) in [4.78, 5) is -1.66. The van der Waals surface area contributed by atoms with E-state index < -0.39 is 30.0 Å². The van der Waals surface area contributed by atoms with Crippen LogP contribution >= 0.6 is 0 Å². The van der Waals surface area contributed by atoms with Gasteiger partial charge in [-0.15, -0.1) is 0 Å². The van der Waals surface area contributed by atoms with Crippen molar-refractivity contribution in [3.05, 3.63) is 36.4 Å². The first-order valence-corrected chi connectivity index (χ1v) is 7.56. The van der Waals surface area contributed by atoms with E-state index in [1.165, 1.54) is 18.2 Å². The highest BCUT2D eigenvalue weighted by Crippen LogP contribution is 2.29. The van der Waals surface area contributed by atoms with Crippen LogP contribution in [0, 0.1) is 0 Å². The monoisotopic (exact) mass is 305 g/mol. The topological polar surface area (TPSA) is 144 Å². The van der Waals surface area contributed by atoms with Gasteiger partial charge in [0.15, 0.2) is 0 Å². The van der Waals surface area contributed by atoms with E-state index in [1.54, 1.807) is 12.1 Å². The predicted octanol–water partition coefficient (Wildman–Crippen LogP) is 1.50. The largest absolute Gasteiger partial charge is 0.344 e. The zero-order valence-corrected chi connectivity index (χ0v) is 11.1. The fraction of sp³-hybridized carbons (Fsp3) is 0. The van der Waals surface area contributed by atoms with Gasteiger partial charge in [0, 0.05) is 5.39 Å². The van der Waals surface area contributed by atoms with E-state index in [4.69, 9.17) is 9.11 Å². The van der Waals surface area contributed by atoms with Crippen LogP contribution in [0.4, 0.5) is 0 Å². The quantitative estimate of drug-likeness (QED) is 0.713. The summed E-state index contributed by atoms with van der Waals surface area (Å²) in [5, 5.41) is 0.452. The maximum atomic E-state index is 11.3. The first-order valence-electron chi connectivity index (χ1n) is 4.68. The summed E-state index contributed by atoms with van der Waals surface area (Å²) in [6.45, 7) is 0. The molecule has 9 heteroatoms. The molecule has 0 saturated carbocycles. The van der Waals surface area contributed by atoms with Gasteiger partial charge in [0.05, 0.1) is 0 Å². The van der Waals surface area contributed by atoms with Gasteiger partial charge in [0.25, 0.3) is 20.2 Å². The fourth-order valence-corrected chi connectivity index (χ4v) is 3.69. The average Bonchev–Trinajstić information content (AvgIpc) is 2.24. The van der Waals surface area contributed by atoms with Crippen LogP contribution < -0.4 is 6.15 Å². The third-order valence-corrected chi connectivity index (χ3v) is 4.36. The van der Waals surface area contributed by atoms with E-state index in [0.29, 0.717) is 5.39 Å². The third kappa shape index (κ3) is 2.91. The molecule has 0 amide bonds. The van der Waals surface area contributed by atoms with Crippen molar-refractivity contribution >= 4 is 31.0 Å². The van der Waals surface area contributed by atoms with E-state index in [-0.39, 0.29) is 11.5 Å². The van der Waals surface area contributed by atoms with Crippen molar-refractivity contribution in [1.29, 1.82) is 0 Å². The molecule has 0 unspecified atom stereocenters. The van der Waals surface area contributed by atoms with Crippen molar-refractivity contribution < 1.29 is 25.9 Å². The minimum Gasteiger partial charge on any atom is -0.344 e. The lowest BCUT2D eigenvalue weighted by Crippen LogP contribution is -2.09. The van der Waals surface area contributed by atoms with Gasteiger partial charge in [0.2, 0.25) is 0 Å². The predicted molar refractivity (Wildman–Crippen MR) is 68.6 cm³/mol. The molecule has 19 heavy (non-hydrogen) atoms. The summed E-state index contributed by atoms with van der Waals surface area (Å²) in [5.41, 5.74) is 0. The first kappa shape index (κ1) is 15.5. The van der Waals surface area contributed by atoms with Crippen LogP contribution in [0.2, 0.25) is 0 Å². The van der Waals surface area contributed by atoms with Crippen LogP contribution in [0.15, 0.2) is 46.2 Å². The Morgan fingerprint density at radius 2 is 1.37 bits per heavy atom. The van der Waals surface area contributed by atoms with Gasteiger partial charge >= 0.3 is 0 Å². The van der Waals surface area contributed by atoms with Crippen molar-refractivity contribution in [2.75, 3.05) is 0 Å². The molecule has 2 aromatic carbocycles. The zero-order chi connectivity index (χ0) is 13.6. The van der Waals surface area contributed by atoms with Crippen LogP contribution in [0.1, 0.15) is 0 Å². The lowest BCUT2D eigenvalue weighted by atomic mass is 10.1. The molecule has 2 rings (SSSR count). The number of hydrogen-bond acceptors (Lipinski definition) is 5. The molecule has 0 aliphatic heterocycles. The summed E-state index contributed by atoms with van der Waals surface area (Å²) in [6.07, 6.45) is 0. The van der Waals surface area contributed by atoms with Crippen LogP contribution in [0.5, 0.6) is 0 Å². The maximum absolute atomic E-state index is 11.3. The molecule has 0 saturated heterocycles. The molecule has 0 aliphatic rings. The van der Waals surface area contributed by atoms with Crippen molar-refractivity contribution in [3.8, 4) is 0 Å². The molecule has 7 nitrogen and oxygen atoms in total. The molecule has 2 aromatic rings. The molecule has 5 N–H and O–H groups in total. The van der Waals surface area contributed by atoms with Gasteiger partial charge in [-0.05, 0) is 11.5 Å². The van der Waals surface area contributed by atoms with E-state index in [9.17, 15) is 16.8 Å². The van der Waals surface area contributed by atoms with Gasteiger partial charge in [-0.1, -0.05) is 30.3 Å². The number of rotatable bonds is 2. The zero-order valence-electron chi connectivity index (χ0n) is 9.52. The summed E-state index contributed by atoms with van der Waals surface area (Å²) in [5.74, 6) is 0. The summed E-state index contributed by atoms with van der Waals surface area (Å²) in [6, 6.07) is 8.28. The average molecular weight is 305 g/mol. The molecule has 0 radical (unpaired) electrons. The SMILES string of the molecule is N.O=S(=O)(O)c1ccc2ccccc2c1S(=O)(=O)O. The molecule has 0 aliphatic carbocycles. The van der Waals surface area contributed by atoms with Crippen LogP contribution in [0.3, 0.4) is 0 Å². The molecule has 0 spiro atoms. The van der Waals surface area contributed by atoms with Gasteiger partial charge in [-0.25, -0.2) is 0 Å². The van der Waals surface area contributed by atoms with Crippen molar-refractivity contribution in [2.24, 2.45) is 0 Å². The highest BCUT2D eigenvalue weighted by atomic mass is 32.2. The van der Waals surface area contributed by atoms with Crippen LogP contribution in [-0.2, 0) is 20.2 Å². The maximum Gasteiger partial charge on any atom is 0.296 e. The highest BCUT2D eigenvalue weighted by molar-refractivity contribution is 7.89. The Hall–Kier alpha value is -1.52. The second-order valence-electron chi connectivity index (χ2n) is 3.56. The lowest BCUT2D eigenvalue weighted by Gasteiger charge is -2.08. The summed E-state index contributed by atoms with van der Waals surface area (Å²) < 4.78 is 63.0. The molecule has 0 heterocycles. The number of hydrogen-bond donors (Lipinski definition) is 3. The molecule has 0 fully saturated rings. The molecule has 104 valence electrons. The first-order chi connectivity index (χ1) is 8.21. The summed E-state index contributed by atoms with van der Waals surface area (Å²) >= 11 is 0. The Morgan fingerprint density at radius 1 is 0.789 bits per heavy atom. The van der Waals surface area contributed by atoms with Gasteiger partial charge in [-0.2, -0.15) is 16.8 Å². The van der Waals surface area contributed by atoms with Crippen molar-refractivity contribution in [3.63, 3.8) is 0 Å². The summed E-state index contributed by atoms with van der Waals surface area (Å²) in [7, 11) is -9.53. The normalized spacial score (nSPS) is 12.1. The van der Waals surface area contributed by atoms with Crippen LogP contribution in [-0.4, -0.2) is 25.9 Å². The van der Waals surface area contributed by atoms with E-state index >= 15 is 0 Å². The van der Waals surface area contributed by atoms with E-state index in [2.05, 4.69) is 0 Å². The second-order valence-corrected chi connectivity index (χ2v) is 6.31. The van der Waals surface area contributed by atoms with Gasteiger partial charge in [0.1, 0.15) is 9.79 Å². The Labute approximate surface area is 110 Å². The highest BCUT2D eigenvalue weighted by Gasteiger charge is 2.26. The molecule has 0 atom stereocenters. The molecule has 0 bridgehead atoms.